The van der Waals surface area contributed by atoms with Gasteiger partial charge in [-0.05, 0) is 25.6 Å². The number of nitrogens with one attached hydrogen (secondary N) is 1. The van der Waals surface area contributed by atoms with Crippen molar-refractivity contribution in [2.45, 2.75) is 26.4 Å². The molecule has 3 nitrogen and oxygen atoms in total. The second-order valence-corrected chi connectivity index (χ2v) is 5.04. The van der Waals surface area contributed by atoms with Crippen LogP contribution in [0.4, 0.5) is 5.69 Å². The van der Waals surface area contributed by atoms with Gasteiger partial charge in [0.05, 0.1) is 13.2 Å². The second kappa shape index (κ2) is 6.41. The lowest BCUT2D eigenvalue weighted by Gasteiger charge is -2.36. The first-order valence-electron chi connectivity index (χ1n) is 6.56. The fourth-order valence-corrected chi connectivity index (χ4v) is 2.56. The Morgan fingerprint density at radius 1 is 1.50 bits per heavy atom. The SMILES string of the molecule is CCNCc1c(Cl)cccc1N1CCOCC1C. The molecule has 2 rings (SSSR count). The highest BCUT2D eigenvalue weighted by molar-refractivity contribution is 6.31. The third-order valence-electron chi connectivity index (χ3n) is 3.32. The van der Waals surface area contributed by atoms with E-state index >= 15 is 0 Å². The number of ether oxygens (including phenoxy) is 1. The van der Waals surface area contributed by atoms with E-state index in [0.29, 0.717) is 6.04 Å². The van der Waals surface area contributed by atoms with Crippen LogP contribution in [0.1, 0.15) is 19.4 Å². The topological polar surface area (TPSA) is 24.5 Å². The number of rotatable bonds is 4. The summed E-state index contributed by atoms with van der Waals surface area (Å²) in [5, 5.41) is 4.20. The van der Waals surface area contributed by atoms with Crippen LogP contribution in [0.15, 0.2) is 18.2 Å². The van der Waals surface area contributed by atoms with Gasteiger partial charge in [0, 0.05) is 35.4 Å². The molecule has 18 heavy (non-hydrogen) atoms. The predicted octanol–water partition coefficient (Wildman–Crippen LogP) is 2.67. The zero-order valence-electron chi connectivity index (χ0n) is 11.1. The highest BCUT2D eigenvalue weighted by Crippen LogP contribution is 2.29. The van der Waals surface area contributed by atoms with Crippen molar-refractivity contribution in [3.63, 3.8) is 0 Å². The summed E-state index contributed by atoms with van der Waals surface area (Å²) in [6, 6.07) is 6.54. The number of halogens is 1. The van der Waals surface area contributed by atoms with Crippen molar-refractivity contribution in [2.24, 2.45) is 0 Å². The lowest BCUT2D eigenvalue weighted by atomic mass is 10.1. The summed E-state index contributed by atoms with van der Waals surface area (Å²) in [6.07, 6.45) is 0. The maximum Gasteiger partial charge on any atom is 0.0668 e. The minimum absolute atomic E-state index is 0.401. The molecule has 0 radical (unpaired) electrons. The molecule has 4 heteroatoms. The van der Waals surface area contributed by atoms with Crippen LogP contribution in [-0.4, -0.2) is 32.3 Å². The van der Waals surface area contributed by atoms with E-state index in [1.165, 1.54) is 11.3 Å². The monoisotopic (exact) mass is 268 g/mol. The van der Waals surface area contributed by atoms with E-state index in [1.54, 1.807) is 0 Å². The molecule has 1 aromatic rings. The van der Waals surface area contributed by atoms with Gasteiger partial charge in [0.25, 0.3) is 0 Å². The summed E-state index contributed by atoms with van der Waals surface area (Å²) in [5.74, 6) is 0. The number of benzene rings is 1. The minimum atomic E-state index is 0.401. The van der Waals surface area contributed by atoms with E-state index in [9.17, 15) is 0 Å². The molecule has 1 unspecified atom stereocenters. The average molecular weight is 269 g/mol. The lowest BCUT2D eigenvalue weighted by molar-refractivity contribution is 0.0988. The number of morpholine rings is 1. The van der Waals surface area contributed by atoms with E-state index in [2.05, 4.69) is 30.1 Å². The lowest BCUT2D eigenvalue weighted by Crippen LogP contribution is -2.44. The van der Waals surface area contributed by atoms with Crippen LogP contribution in [0.25, 0.3) is 0 Å². The second-order valence-electron chi connectivity index (χ2n) is 4.64. The summed E-state index contributed by atoms with van der Waals surface area (Å²) >= 11 is 6.33. The minimum Gasteiger partial charge on any atom is -0.377 e. The van der Waals surface area contributed by atoms with Crippen LogP contribution < -0.4 is 10.2 Å². The number of anilines is 1. The van der Waals surface area contributed by atoms with Gasteiger partial charge in [0.15, 0.2) is 0 Å². The molecule has 0 amide bonds. The highest BCUT2D eigenvalue weighted by atomic mass is 35.5. The van der Waals surface area contributed by atoms with Crippen LogP contribution in [0.5, 0.6) is 0 Å². The molecule has 1 N–H and O–H groups in total. The van der Waals surface area contributed by atoms with Crippen LogP contribution in [0.3, 0.4) is 0 Å². The molecule has 0 spiro atoms. The normalized spacial score (nSPS) is 20.2. The third-order valence-corrected chi connectivity index (χ3v) is 3.68. The zero-order valence-corrected chi connectivity index (χ0v) is 11.8. The standard InChI is InChI=1S/C14H21ClN2O/c1-3-16-9-12-13(15)5-4-6-14(12)17-7-8-18-10-11(17)2/h4-6,11,16H,3,7-10H2,1-2H3. The van der Waals surface area contributed by atoms with E-state index in [0.717, 1.165) is 37.9 Å². The molecule has 1 fully saturated rings. The largest absolute Gasteiger partial charge is 0.377 e. The van der Waals surface area contributed by atoms with Gasteiger partial charge in [-0.1, -0.05) is 24.6 Å². The molecule has 1 atom stereocenters. The Bertz CT molecular complexity index is 397. The van der Waals surface area contributed by atoms with Gasteiger partial charge >= 0.3 is 0 Å². The Hall–Kier alpha value is -0.770. The molecule has 1 heterocycles. The molecule has 1 saturated heterocycles. The summed E-state index contributed by atoms with van der Waals surface area (Å²) < 4.78 is 5.49. The van der Waals surface area contributed by atoms with Crippen LogP contribution in [0.2, 0.25) is 5.02 Å². The highest BCUT2D eigenvalue weighted by Gasteiger charge is 2.22. The Morgan fingerprint density at radius 2 is 2.33 bits per heavy atom. The third kappa shape index (κ3) is 2.97. The van der Waals surface area contributed by atoms with Crippen LogP contribution in [0, 0.1) is 0 Å². The van der Waals surface area contributed by atoms with Crippen molar-refractivity contribution in [1.82, 2.24) is 5.32 Å². The van der Waals surface area contributed by atoms with Gasteiger partial charge in [-0.15, -0.1) is 0 Å². The van der Waals surface area contributed by atoms with E-state index in [4.69, 9.17) is 16.3 Å². The van der Waals surface area contributed by atoms with Gasteiger partial charge in [0.2, 0.25) is 0 Å². The van der Waals surface area contributed by atoms with Crippen molar-refractivity contribution in [2.75, 3.05) is 31.2 Å². The van der Waals surface area contributed by atoms with Gasteiger partial charge in [0.1, 0.15) is 0 Å². The maximum absolute atomic E-state index is 6.33. The van der Waals surface area contributed by atoms with Crippen molar-refractivity contribution in [3.05, 3.63) is 28.8 Å². The van der Waals surface area contributed by atoms with E-state index < -0.39 is 0 Å². The Labute approximate surface area is 114 Å². The molecule has 1 aliphatic heterocycles. The molecule has 0 saturated carbocycles. The number of nitrogens with zero attached hydrogens (tertiary/aromatic N) is 1. The van der Waals surface area contributed by atoms with Crippen molar-refractivity contribution in [3.8, 4) is 0 Å². The van der Waals surface area contributed by atoms with Crippen molar-refractivity contribution < 1.29 is 4.74 Å². The molecular weight excluding hydrogens is 248 g/mol. The first-order valence-corrected chi connectivity index (χ1v) is 6.94. The zero-order chi connectivity index (χ0) is 13.0. The van der Waals surface area contributed by atoms with Crippen LogP contribution in [-0.2, 0) is 11.3 Å². The van der Waals surface area contributed by atoms with Crippen LogP contribution >= 0.6 is 11.6 Å². The maximum atomic E-state index is 6.33. The first-order chi connectivity index (χ1) is 8.74. The fraction of sp³-hybridized carbons (Fsp3) is 0.571. The average Bonchev–Trinajstić information content (AvgIpc) is 2.38. The molecule has 1 aliphatic rings. The molecule has 1 aromatic carbocycles. The summed E-state index contributed by atoms with van der Waals surface area (Å²) in [7, 11) is 0. The number of hydrogen-bond donors (Lipinski definition) is 1. The van der Waals surface area contributed by atoms with Crippen molar-refractivity contribution >= 4 is 17.3 Å². The summed E-state index contributed by atoms with van der Waals surface area (Å²) in [4.78, 5) is 2.39. The van der Waals surface area contributed by atoms with Gasteiger partial charge in [-0.25, -0.2) is 0 Å². The quantitative estimate of drug-likeness (QED) is 0.909. The smallest absolute Gasteiger partial charge is 0.0668 e. The molecular formula is C14H21ClN2O. The van der Waals surface area contributed by atoms with Gasteiger partial charge in [-0.2, -0.15) is 0 Å². The summed E-state index contributed by atoms with van der Waals surface area (Å²) in [5.41, 5.74) is 2.43. The van der Waals surface area contributed by atoms with E-state index in [1.807, 2.05) is 12.1 Å². The predicted molar refractivity (Wildman–Crippen MR) is 76.5 cm³/mol. The molecule has 0 aromatic heterocycles. The fourth-order valence-electron chi connectivity index (χ4n) is 2.33. The Kier molecular flexibility index (Phi) is 4.87. The molecule has 100 valence electrons. The number of hydrogen-bond acceptors (Lipinski definition) is 3. The Morgan fingerprint density at radius 3 is 3.06 bits per heavy atom. The Balaban J connectivity index is 2.27. The van der Waals surface area contributed by atoms with Gasteiger partial charge in [-0.3, -0.25) is 0 Å². The molecule has 0 bridgehead atoms. The summed E-state index contributed by atoms with van der Waals surface area (Å²) in [6.45, 7) is 8.56. The molecule has 0 aliphatic carbocycles. The van der Waals surface area contributed by atoms with Gasteiger partial charge < -0.3 is 15.0 Å². The van der Waals surface area contributed by atoms with E-state index in [-0.39, 0.29) is 0 Å². The first kappa shape index (κ1) is 13.7. The van der Waals surface area contributed by atoms with Crippen molar-refractivity contribution in [1.29, 1.82) is 0 Å².